The lowest BCUT2D eigenvalue weighted by Gasteiger charge is -2.23. The van der Waals surface area contributed by atoms with Crippen molar-refractivity contribution in [2.75, 3.05) is 26.2 Å². The van der Waals surface area contributed by atoms with Crippen molar-refractivity contribution in [3.63, 3.8) is 0 Å². The van der Waals surface area contributed by atoms with Crippen LogP contribution in [0.3, 0.4) is 0 Å². The van der Waals surface area contributed by atoms with E-state index in [0.717, 1.165) is 37.0 Å². The van der Waals surface area contributed by atoms with Crippen molar-refractivity contribution in [1.29, 1.82) is 0 Å². The molecule has 1 saturated carbocycles. The molecule has 1 aliphatic carbocycles. The van der Waals surface area contributed by atoms with E-state index in [-0.39, 0.29) is 18.4 Å². The predicted octanol–water partition coefficient (Wildman–Crippen LogP) is 2.28. The minimum Gasteiger partial charge on any atom is -0.494 e. The summed E-state index contributed by atoms with van der Waals surface area (Å²) in [5.41, 5.74) is 0.386. The topological polar surface area (TPSA) is 78.9 Å². The Bertz CT molecular complexity index is 646. The number of ether oxygens (including phenoxy) is 1. The Morgan fingerprint density at radius 3 is 2.77 bits per heavy atom. The normalized spacial score (nSPS) is 25.0. The molecule has 142 valence electrons. The molecule has 0 unspecified atom stereocenters. The molecule has 2 aliphatic rings. The molecule has 1 aliphatic heterocycles. The fraction of sp³-hybridized carbons (Fsp3) is 0.600. The Labute approximate surface area is 154 Å². The number of rotatable bonds is 8. The third-order valence-corrected chi connectivity index (χ3v) is 5.62. The van der Waals surface area contributed by atoms with Crippen molar-refractivity contribution in [1.82, 2.24) is 10.2 Å². The summed E-state index contributed by atoms with van der Waals surface area (Å²) in [7, 11) is 0. The lowest BCUT2D eigenvalue weighted by atomic mass is 9.81. The second kappa shape index (κ2) is 8.08. The van der Waals surface area contributed by atoms with Crippen LogP contribution < -0.4 is 10.1 Å². The van der Waals surface area contributed by atoms with Crippen molar-refractivity contribution >= 4 is 11.9 Å². The van der Waals surface area contributed by atoms with Crippen molar-refractivity contribution in [2.24, 2.45) is 11.3 Å². The van der Waals surface area contributed by atoms with Crippen molar-refractivity contribution in [3.05, 3.63) is 29.8 Å². The third-order valence-electron chi connectivity index (χ3n) is 5.62. The number of aliphatic carboxylic acids is 1. The van der Waals surface area contributed by atoms with Gasteiger partial charge in [0.05, 0.1) is 18.6 Å². The van der Waals surface area contributed by atoms with E-state index >= 15 is 0 Å². The SMILES string of the molecule is CCCOc1ccc(CNC(=O)CN2C[C@@H]3CCC[C@@]3(C(=O)O)C2)cc1. The van der Waals surface area contributed by atoms with E-state index in [0.29, 0.717) is 26.2 Å². The predicted molar refractivity (Wildman–Crippen MR) is 97.9 cm³/mol. The molecule has 0 bridgehead atoms. The Morgan fingerprint density at radius 1 is 1.35 bits per heavy atom. The van der Waals surface area contributed by atoms with Gasteiger partial charge in [-0.3, -0.25) is 14.5 Å². The van der Waals surface area contributed by atoms with E-state index < -0.39 is 11.4 Å². The van der Waals surface area contributed by atoms with Gasteiger partial charge in [0.2, 0.25) is 5.91 Å². The van der Waals surface area contributed by atoms with Gasteiger partial charge in [0.15, 0.2) is 0 Å². The highest BCUT2D eigenvalue weighted by Gasteiger charge is 2.54. The molecule has 1 aromatic rings. The number of carboxylic acids is 1. The monoisotopic (exact) mass is 360 g/mol. The van der Waals surface area contributed by atoms with E-state index in [4.69, 9.17) is 4.74 Å². The summed E-state index contributed by atoms with van der Waals surface area (Å²) in [5.74, 6) is 0.262. The van der Waals surface area contributed by atoms with Crippen LogP contribution in [-0.4, -0.2) is 48.1 Å². The van der Waals surface area contributed by atoms with Crippen LogP contribution in [-0.2, 0) is 16.1 Å². The van der Waals surface area contributed by atoms with Gasteiger partial charge >= 0.3 is 5.97 Å². The minimum absolute atomic E-state index is 0.0585. The number of carbonyl (C=O) groups excluding carboxylic acids is 1. The number of hydrogen-bond donors (Lipinski definition) is 2. The Hall–Kier alpha value is -2.08. The number of amides is 1. The third kappa shape index (κ3) is 4.01. The zero-order valence-corrected chi connectivity index (χ0v) is 15.4. The number of fused-ring (bicyclic) bond motifs is 1. The van der Waals surface area contributed by atoms with Gasteiger partial charge in [0, 0.05) is 19.6 Å². The smallest absolute Gasteiger partial charge is 0.311 e. The van der Waals surface area contributed by atoms with E-state index in [1.165, 1.54) is 0 Å². The maximum atomic E-state index is 12.2. The molecule has 0 aromatic heterocycles. The first-order chi connectivity index (χ1) is 12.5. The molecular weight excluding hydrogens is 332 g/mol. The summed E-state index contributed by atoms with van der Waals surface area (Å²) in [6.07, 6.45) is 3.64. The number of carbonyl (C=O) groups is 2. The summed E-state index contributed by atoms with van der Waals surface area (Å²) in [6.45, 7) is 4.70. The lowest BCUT2D eigenvalue weighted by molar-refractivity contribution is -0.149. The second-order valence-corrected chi connectivity index (χ2v) is 7.49. The highest BCUT2D eigenvalue weighted by molar-refractivity contribution is 5.79. The number of benzene rings is 1. The summed E-state index contributed by atoms with van der Waals surface area (Å²) >= 11 is 0. The molecule has 2 atom stereocenters. The molecule has 6 heteroatoms. The van der Waals surface area contributed by atoms with Crippen LogP contribution in [0.4, 0.5) is 0 Å². The quantitative estimate of drug-likeness (QED) is 0.744. The molecule has 3 rings (SSSR count). The molecule has 1 amide bonds. The molecule has 1 aromatic carbocycles. The largest absolute Gasteiger partial charge is 0.494 e. The molecule has 6 nitrogen and oxygen atoms in total. The molecule has 1 heterocycles. The highest BCUT2D eigenvalue weighted by atomic mass is 16.5. The van der Waals surface area contributed by atoms with Crippen LogP contribution >= 0.6 is 0 Å². The van der Waals surface area contributed by atoms with Gasteiger partial charge in [-0.15, -0.1) is 0 Å². The average Bonchev–Trinajstić information content (AvgIpc) is 3.17. The van der Waals surface area contributed by atoms with E-state index in [1.807, 2.05) is 29.2 Å². The number of nitrogens with zero attached hydrogens (tertiary/aromatic N) is 1. The first-order valence-electron chi connectivity index (χ1n) is 9.47. The maximum Gasteiger partial charge on any atom is 0.311 e. The van der Waals surface area contributed by atoms with E-state index in [2.05, 4.69) is 12.2 Å². The molecule has 0 spiro atoms. The number of carboxylic acid groups (broad SMARTS) is 1. The Morgan fingerprint density at radius 2 is 2.12 bits per heavy atom. The van der Waals surface area contributed by atoms with Gasteiger partial charge in [-0.2, -0.15) is 0 Å². The van der Waals surface area contributed by atoms with E-state index in [9.17, 15) is 14.7 Å². The summed E-state index contributed by atoms with van der Waals surface area (Å²) in [4.78, 5) is 25.9. The second-order valence-electron chi connectivity index (χ2n) is 7.49. The van der Waals surface area contributed by atoms with Crippen molar-refractivity contribution in [3.8, 4) is 5.75 Å². The lowest BCUT2D eigenvalue weighted by Crippen LogP contribution is -2.39. The molecule has 0 radical (unpaired) electrons. The van der Waals surface area contributed by atoms with Crippen LogP contribution in [0.25, 0.3) is 0 Å². The molecular formula is C20H28N2O4. The van der Waals surface area contributed by atoms with Crippen LogP contribution in [0.1, 0.15) is 38.2 Å². The number of nitrogens with one attached hydrogen (secondary N) is 1. The average molecular weight is 360 g/mol. The standard InChI is InChI=1S/C20H28N2O4/c1-2-10-26-17-7-5-15(6-8-17)11-21-18(23)13-22-12-16-4-3-9-20(16,14-22)19(24)25/h5-8,16H,2-4,9-14H2,1H3,(H,21,23)(H,24,25)/t16-,20+/m0/s1. The Kier molecular flexibility index (Phi) is 5.81. The first kappa shape index (κ1) is 18.7. The zero-order valence-electron chi connectivity index (χ0n) is 15.4. The van der Waals surface area contributed by atoms with Gasteiger partial charge in [0.25, 0.3) is 0 Å². The maximum absolute atomic E-state index is 12.2. The summed E-state index contributed by atoms with van der Waals surface area (Å²) in [6, 6.07) is 7.72. The highest BCUT2D eigenvalue weighted by Crippen LogP contribution is 2.48. The van der Waals surface area contributed by atoms with Crippen LogP contribution in [0, 0.1) is 11.3 Å². The van der Waals surface area contributed by atoms with E-state index in [1.54, 1.807) is 0 Å². The molecule has 1 saturated heterocycles. The number of likely N-dealkylation sites (tertiary alicyclic amines) is 1. The molecule has 26 heavy (non-hydrogen) atoms. The van der Waals surface area contributed by atoms with Crippen LogP contribution in [0.2, 0.25) is 0 Å². The first-order valence-corrected chi connectivity index (χ1v) is 9.47. The van der Waals surface area contributed by atoms with Gasteiger partial charge in [-0.05, 0) is 42.9 Å². The summed E-state index contributed by atoms with van der Waals surface area (Å²) in [5, 5.41) is 12.5. The molecule has 2 N–H and O–H groups in total. The van der Waals surface area contributed by atoms with Crippen LogP contribution in [0.5, 0.6) is 5.75 Å². The van der Waals surface area contributed by atoms with Gasteiger partial charge in [-0.1, -0.05) is 25.5 Å². The van der Waals surface area contributed by atoms with Gasteiger partial charge in [-0.25, -0.2) is 0 Å². The fourth-order valence-electron chi connectivity index (χ4n) is 4.25. The fourth-order valence-corrected chi connectivity index (χ4v) is 4.25. The van der Waals surface area contributed by atoms with Gasteiger partial charge in [0.1, 0.15) is 5.75 Å². The number of hydrogen-bond acceptors (Lipinski definition) is 4. The minimum atomic E-state index is -0.701. The summed E-state index contributed by atoms with van der Waals surface area (Å²) < 4.78 is 5.55. The van der Waals surface area contributed by atoms with Gasteiger partial charge < -0.3 is 15.2 Å². The zero-order chi connectivity index (χ0) is 18.6. The van der Waals surface area contributed by atoms with Crippen LogP contribution in [0.15, 0.2) is 24.3 Å². The molecule has 2 fully saturated rings. The van der Waals surface area contributed by atoms with Crippen molar-refractivity contribution in [2.45, 2.75) is 39.2 Å². The Balaban J connectivity index is 1.45. The van der Waals surface area contributed by atoms with Crippen molar-refractivity contribution < 1.29 is 19.4 Å².